The van der Waals surface area contributed by atoms with Crippen LogP contribution in [0.3, 0.4) is 0 Å². The molecule has 0 rings (SSSR count). The van der Waals surface area contributed by atoms with Gasteiger partial charge in [0.1, 0.15) is 0 Å². The van der Waals surface area contributed by atoms with E-state index in [2.05, 4.69) is 80.0 Å². The predicted molar refractivity (Wildman–Crippen MR) is 147 cm³/mol. The number of nitrogens with zero attached hydrogens (tertiary/aromatic N) is 1. The first-order valence-corrected chi connectivity index (χ1v) is 11.7. The molecule has 0 unspecified atom stereocenters. The van der Waals surface area contributed by atoms with Crippen LogP contribution < -0.4 is 16.9 Å². The number of allylic oxidation sites excluding steroid dienone is 4. The lowest BCUT2D eigenvalue weighted by Crippen LogP contribution is -2.33. The zero-order valence-electron chi connectivity index (χ0n) is 21.4. The van der Waals surface area contributed by atoms with Crippen molar-refractivity contribution in [2.45, 2.75) is 54.9 Å². The molecule has 0 aromatic rings. The Bertz CT molecular complexity index is 619. The molecular formula is C26H47BrN4O. The highest BCUT2D eigenvalue weighted by atomic mass is 79.9. The summed E-state index contributed by atoms with van der Waals surface area (Å²) < 4.78 is 6.39. The summed E-state index contributed by atoms with van der Waals surface area (Å²) >= 11 is 3.43. The SMILES string of the molecule is C#CC.C/C=C(\C=C/COCCC)CNC/C(Br)=C(\C)N.C=C/C=C/N(N)CC(C)(C)C. The molecule has 0 aliphatic heterocycles. The number of nitrogens with two attached hydrogens (primary N) is 2. The molecular weight excluding hydrogens is 464 g/mol. The van der Waals surface area contributed by atoms with Gasteiger partial charge in [0.05, 0.1) is 6.61 Å². The monoisotopic (exact) mass is 510 g/mol. The van der Waals surface area contributed by atoms with Crippen molar-refractivity contribution in [3.63, 3.8) is 0 Å². The molecule has 5 nitrogen and oxygen atoms in total. The minimum absolute atomic E-state index is 0.236. The Morgan fingerprint density at radius 2 is 1.91 bits per heavy atom. The Morgan fingerprint density at radius 3 is 2.34 bits per heavy atom. The van der Waals surface area contributed by atoms with Gasteiger partial charge < -0.3 is 20.8 Å². The van der Waals surface area contributed by atoms with Crippen molar-refractivity contribution >= 4 is 15.9 Å². The number of hydrazine groups is 1. The van der Waals surface area contributed by atoms with Crippen LogP contribution >= 0.6 is 15.9 Å². The second-order valence-corrected chi connectivity index (χ2v) is 9.09. The minimum atomic E-state index is 0.236. The van der Waals surface area contributed by atoms with Crippen LogP contribution in [-0.2, 0) is 4.74 Å². The summed E-state index contributed by atoms with van der Waals surface area (Å²) in [5.74, 6) is 7.89. The van der Waals surface area contributed by atoms with Crippen LogP contribution in [0.2, 0.25) is 0 Å². The van der Waals surface area contributed by atoms with Gasteiger partial charge in [-0.2, -0.15) is 0 Å². The average Bonchev–Trinajstić information content (AvgIpc) is 2.70. The molecule has 0 heterocycles. The molecule has 0 spiro atoms. The molecule has 5 N–H and O–H groups in total. The number of ether oxygens (including phenoxy) is 1. The summed E-state index contributed by atoms with van der Waals surface area (Å²) in [6.07, 6.45) is 17.2. The third-order valence-corrected chi connectivity index (χ3v) is 4.28. The Labute approximate surface area is 206 Å². The standard InChI is InChI=1S/C14H25BrN2O.C9H18N2.C3H4/c1-4-8-18-9-6-7-13(5-2)10-17-11-14(15)12(3)16;1-5-6-7-11(10)8-9(2,3)4;1-3-2/h5-7,17H,4,8-11,16H2,1-3H3;5-7H,1,8,10H2,2-4H3;1H,2H3/b7-6-,13-5+,14-12-;7-6+;. The van der Waals surface area contributed by atoms with E-state index in [1.165, 1.54) is 5.57 Å². The van der Waals surface area contributed by atoms with Gasteiger partial charge in [0.2, 0.25) is 0 Å². The highest BCUT2D eigenvalue weighted by Gasteiger charge is 2.11. The Kier molecular flexibility index (Phi) is 26.0. The van der Waals surface area contributed by atoms with E-state index in [9.17, 15) is 0 Å². The van der Waals surface area contributed by atoms with Gasteiger partial charge >= 0.3 is 0 Å². The first-order chi connectivity index (χ1) is 15.0. The molecule has 0 radical (unpaired) electrons. The number of hydrogen-bond donors (Lipinski definition) is 3. The van der Waals surface area contributed by atoms with Gasteiger partial charge in [0, 0.05) is 42.6 Å². The van der Waals surface area contributed by atoms with E-state index in [0.29, 0.717) is 6.61 Å². The average molecular weight is 512 g/mol. The molecule has 32 heavy (non-hydrogen) atoms. The van der Waals surface area contributed by atoms with Gasteiger partial charge in [-0.05, 0) is 44.3 Å². The fourth-order valence-electron chi connectivity index (χ4n) is 1.98. The first-order valence-electron chi connectivity index (χ1n) is 10.9. The van der Waals surface area contributed by atoms with E-state index in [1.807, 2.05) is 32.2 Å². The highest BCUT2D eigenvalue weighted by molar-refractivity contribution is 9.11. The molecule has 0 aromatic heterocycles. The summed E-state index contributed by atoms with van der Waals surface area (Å²) in [6, 6.07) is 0. The normalized spacial score (nSPS) is 12.3. The van der Waals surface area contributed by atoms with E-state index in [0.717, 1.165) is 42.8 Å². The third kappa shape index (κ3) is 30.4. The van der Waals surface area contributed by atoms with E-state index in [1.54, 1.807) is 18.0 Å². The highest BCUT2D eigenvalue weighted by Crippen LogP contribution is 2.13. The first kappa shape index (κ1) is 34.8. The zero-order valence-corrected chi connectivity index (χ0v) is 23.0. The van der Waals surface area contributed by atoms with Crippen molar-refractivity contribution in [1.29, 1.82) is 0 Å². The minimum Gasteiger partial charge on any atom is -0.402 e. The zero-order chi connectivity index (χ0) is 25.4. The van der Waals surface area contributed by atoms with E-state index >= 15 is 0 Å². The maximum Gasteiger partial charge on any atom is 0.0650 e. The summed E-state index contributed by atoms with van der Waals surface area (Å²) in [6.45, 7) is 21.6. The maximum absolute atomic E-state index is 5.66. The molecule has 0 aliphatic carbocycles. The summed E-state index contributed by atoms with van der Waals surface area (Å²) in [4.78, 5) is 0. The van der Waals surface area contributed by atoms with Gasteiger partial charge in [-0.15, -0.1) is 12.3 Å². The molecule has 0 aromatic carbocycles. The van der Waals surface area contributed by atoms with Gasteiger partial charge in [-0.3, -0.25) is 0 Å². The third-order valence-electron chi connectivity index (χ3n) is 3.37. The van der Waals surface area contributed by atoms with Gasteiger partial charge in [0.15, 0.2) is 0 Å². The maximum atomic E-state index is 5.66. The van der Waals surface area contributed by atoms with Crippen molar-refractivity contribution in [2.75, 3.05) is 32.8 Å². The van der Waals surface area contributed by atoms with E-state index in [-0.39, 0.29) is 5.41 Å². The fraction of sp³-hybridized carbons (Fsp3) is 0.538. The van der Waals surface area contributed by atoms with Crippen molar-refractivity contribution in [3.05, 3.63) is 58.9 Å². The Hall–Kier alpha value is -1.78. The molecule has 0 atom stereocenters. The lowest BCUT2D eigenvalue weighted by Gasteiger charge is -2.24. The van der Waals surface area contributed by atoms with Crippen LogP contribution in [0.15, 0.2) is 58.9 Å². The van der Waals surface area contributed by atoms with Crippen LogP contribution in [0.5, 0.6) is 0 Å². The summed E-state index contributed by atoms with van der Waals surface area (Å²) in [5, 5.41) is 4.99. The number of nitrogens with one attached hydrogen (secondary N) is 1. The second kappa shape index (κ2) is 23.9. The van der Waals surface area contributed by atoms with Crippen molar-refractivity contribution in [1.82, 2.24) is 10.3 Å². The smallest absolute Gasteiger partial charge is 0.0650 e. The molecule has 0 saturated heterocycles. The lowest BCUT2D eigenvalue weighted by atomic mass is 9.97. The van der Waals surface area contributed by atoms with Crippen LogP contribution in [0, 0.1) is 17.8 Å². The van der Waals surface area contributed by atoms with Crippen LogP contribution in [0.25, 0.3) is 0 Å². The van der Waals surface area contributed by atoms with E-state index in [4.69, 9.17) is 16.3 Å². The summed E-state index contributed by atoms with van der Waals surface area (Å²) in [7, 11) is 0. The van der Waals surface area contributed by atoms with Gasteiger partial charge in [0.25, 0.3) is 0 Å². The second-order valence-electron chi connectivity index (χ2n) is 8.13. The van der Waals surface area contributed by atoms with Crippen LogP contribution in [-0.4, -0.2) is 37.9 Å². The molecule has 0 bridgehead atoms. The van der Waals surface area contributed by atoms with E-state index < -0.39 is 0 Å². The molecule has 0 amide bonds. The number of terminal acetylenes is 1. The van der Waals surface area contributed by atoms with Gasteiger partial charge in [-0.25, -0.2) is 5.84 Å². The molecule has 6 heteroatoms. The molecule has 184 valence electrons. The molecule has 0 fully saturated rings. The Morgan fingerprint density at radius 1 is 1.31 bits per heavy atom. The largest absolute Gasteiger partial charge is 0.402 e. The van der Waals surface area contributed by atoms with Crippen molar-refractivity contribution < 1.29 is 4.74 Å². The topological polar surface area (TPSA) is 76.5 Å². The van der Waals surface area contributed by atoms with Crippen molar-refractivity contribution in [2.24, 2.45) is 17.0 Å². The van der Waals surface area contributed by atoms with Crippen molar-refractivity contribution in [3.8, 4) is 12.3 Å². The van der Waals surface area contributed by atoms with Crippen LogP contribution in [0.1, 0.15) is 54.9 Å². The van der Waals surface area contributed by atoms with Gasteiger partial charge in [-0.1, -0.05) is 74.5 Å². The lowest BCUT2D eigenvalue weighted by molar-refractivity contribution is 0.163. The Balaban J connectivity index is -0.000000510. The van der Waals surface area contributed by atoms with Crippen LogP contribution in [0.4, 0.5) is 0 Å². The number of halogens is 1. The number of hydrogen-bond acceptors (Lipinski definition) is 5. The summed E-state index contributed by atoms with van der Waals surface area (Å²) in [5.41, 5.74) is 7.95. The molecule has 0 saturated carbocycles. The number of rotatable bonds is 12. The quantitative estimate of drug-likeness (QED) is 0.104. The predicted octanol–water partition coefficient (Wildman–Crippen LogP) is 5.64. The fourth-order valence-corrected chi connectivity index (χ4v) is 2.18. The molecule has 0 aliphatic rings.